The second-order valence-corrected chi connectivity index (χ2v) is 7.26. The molecular formula is C17H31N3S. The van der Waals surface area contributed by atoms with Gasteiger partial charge in [0.1, 0.15) is 0 Å². The lowest BCUT2D eigenvalue weighted by Crippen LogP contribution is -2.53. The summed E-state index contributed by atoms with van der Waals surface area (Å²) < 4.78 is 0. The van der Waals surface area contributed by atoms with Crippen molar-refractivity contribution in [2.45, 2.75) is 58.7 Å². The Labute approximate surface area is 134 Å². The van der Waals surface area contributed by atoms with Crippen molar-refractivity contribution in [2.75, 3.05) is 26.2 Å². The summed E-state index contributed by atoms with van der Waals surface area (Å²) >= 11 is 1.87. The van der Waals surface area contributed by atoms with E-state index in [-0.39, 0.29) is 6.04 Å². The molecule has 0 spiro atoms. The second-order valence-electron chi connectivity index (χ2n) is 6.31. The van der Waals surface area contributed by atoms with Crippen LogP contribution < -0.4 is 5.73 Å². The van der Waals surface area contributed by atoms with Gasteiger partial charge in [0.15, 0.2) is 0 Å². The number of aryl methyl sites for hydroxylation is 1. The summed E-state index contributed by atoms with van der Waals surface area (Å²) in [5.41, 5.74) is 7.88. The van der Waals surface area contributed by atoms with Crippen molar-refractivity contribution >= 4 is 11.3 Å². The fourth-order valence-electron chi connectivity index (χ4n) is 3.26. The van der Waals surface area contributed by atoms with Gasteiger partial charge in [-0.25, -0.2) is 0 Å². The first-order valence-corrected chi connectivity index (χ1v) is 9.24. The van der Waals surface area contributed by atoms with E-state index in [0.29, 0.717) is 12.1 Å². The van der Waals surface area contributed by atoms with E-state index in [1.54, 1.807) is 0 Å². The first-order valence-electron chi connectivity index (χ1n) is 8.36. The lowest BCUT2D eigenvalue weighted by molar-refractivity contribution is 0.0638. The maximum atomic E-state index is 6.48. The number of thiophene rings is 1. The largest absolute Gasteiger partial charge is 0.326 e. The normalized spacial score (nSPS) is 22.1. The van der Waals surface area contributed by atoms with Crippen LogP contribution in [0.1, 0.15) is 50.1 Å². The molecule has 1 aliphatic heterocycles. The quantitative estimate of drug-likeness (QED) is 0.875. The average molecular weight is 310 g/mol. The summed E-state index contributed by atoms with van der Waals surface area (Å²) in [7, 11) is 0. The maximum absolute atomic E-state index is 6.48. The van der Waals surface area contributed by atoms with Gasteiger partial charge < -0.3 is 5.73 Å². The number of piperazine rings is 1. The monoisotopic (exact) mass is 309 g/mol. The molecular weight excluding hydrogens is 278 g/mol. The van der Waals surface area contributed by atoms with E-state index < -0.39 is 0 Å². The molecule has 120 valence electrons. The van der Waals surface area contributed by atoms with Gasteiger partial charge in [0.2, 0.25) is 0 Å². The van der Waals surface area contributed by atoms with Crippen molar-refractivity contribution in [2.24, 2.45) is 5.73 Å². The predicted octanol–water partition coefficient (Wildman–Crippen LogP) is 3.25. The fraction of sp³-hybridized carbons (Fsp3) is 0.765. The predicted molar refractivity (Wildman–Crippen MR) is 93.0 cm³/mol. The molecule has 4 heteroatoms. The Morgan fingerprint density at radius 1 is 1.14 bits per heavy atom. The number of nitrogens with two attached hydrogens (primary N) is 1. The minimum Gasteiger partial charge on any atom is -0.326 e. The molecule has 2 rings (SSSR count). The molecule has 1 saturated heterocycles. The minimum absolute atomic E-state index is 0.234. The summed E-state index contributed by atoms with van der Waals surface area (Å²) in [6.45, 7) is 13.7. The topological polar surface area (TPSA) is 32.5 Å². The van der Waals surface area contributed by atoms with E-state index in [1.807, 2.05) is 11.3 Å². The first kappa shape index (κ1) is 16.9. The smallest absolute Gasteiger partial charge is 0.0596 e. The van der Waals surface area contributed by atoms with Crippen LogP contribution in [0, 0.1) is 6.92 Å². The molecule has 2 N–H and O–H groups in total. The summed E-state index contributed by atoms with van der Waals surface area (Å²) in [6.07, 6.45) is 2.27. The molecule has 0 aromatic carbocycles. The van der Waals surface area contributed by atoms with Crippen molar-refractivity contribution in [3.8, 4) is 0 Å². The van der Waals surface area contributed by atoms with Gasteiger partial charge in [0.25, 0.3) is 0 Å². The third kappa shape index (κ3) is 3.86. The zero-order valence-electron chi connectivity index (χ0n) is 14.0. The van der Waals surface area contributed by atoms with E-state index >= 15 is 0 Å². The van der Waals surface area contributed by atoms with Crippen LogP contribution in [0.25, 0.3) is 0 Å². The maximum Gasteiger partial charge on any atom is 0.0596 e. The number of hydrogen-bond donors (Lipinski definition) is 1. The van der Waals surface area contributed by atoms with Gasteiger partial charge in [0.05, 0.1) is 6.04 Å². The van der Waals surface area contributed by atoms with Gasteiger partial charge in [0, 0.05) is 43.1 Å². The van der Waals surface area contributed by atoms with Crippen LogP contribution in [0.2, 0.25) is 0 Å². The van der Waals surface area contributed by atoms with Crippen LogP contribution in [0.15, 0.2) is 11.4 Å². The molecule has 1 aliphatic rings. The highest BCUT2D eigenvalue weighted by Crippen LogP contribution is 2.32. The Morgan fingerprint density at radius 3 is 2.24 bits per heavy atom. The highest BCUT2D eigenvalue weighted by atomic mass is 32.1. The zero-order valence-corrected chi connectivity index (χ0v) is 14.8. The molecule has 1 aromatic rings. The van der Waals surface area contributed by atoms with E-state index in [4.69, 9.17) is 5.73 Å². The van der Waals surface area contributed by atoms with Gasteiger partial charge in [-0.3, -0.25) is 9.80 Å². The van der Waals surface area contributed by atoms with Gasteiger partial charge in [-0.2, -0.15) is 0 Å². The molecule has 3 atom stereocenters. The van der Waals surface area contributed by atoms with Crippen molar-refractivity contribution in [1.82, 2.24) is 9.80 Å². The molecule has 1 fully saturated rings. The van der Waals surface area contributed by atoms with E-state index in [9.17, 15) is 0 Å². The van der Waals surface area contributed by atoms with Gasteiger partial charge >= 0.3 is 0 Å². The van der Waals surface area contributed by atoms with E-state index in [0.717, 1.165) is 19.5 Å². The van der Waals surface area contributed by atoms with Crippen LogP contribution in [0.4, 0.5) is 0 Å². The highest BCUT2D eigenvalue weighted by molar-refractivity contribution is 7.10. The molecule has 2 heterocycles. The Kier molecular flexibility index (Phi) is 6.23. The highest BCUT2D eigenvalue weighted by Gasteiger charge is 2.31. The Hall–Kier alpha value is -0.420. The molecule has 0 saturated carbocycles. The van der Waals surface area contributed by atoms with E-state index in [2.05, 4.69) is 48.9 Å². The van der Waals surface area contributed by atoms with Crippen LogP contribution in [0.3, 0.4) is 0 Å². The molecule has 0 amide bonds. The number of hydrogen-bond acceptors (Lipinski definition) is 4. The molecule has 0 bridgehead atoms. The zero-order chi connectivity index (χ0) is 15.4. The third-order valence-electron chi connectivity index (χ3n) is 5.00. The molecule has 3 unspecified atom stereocenters. The summed E-state index contributed by atoms with van der Waals surface area (Å²) in [5.74, 6) is 0. The van der Waals surface area contributed by atoms with Crippen LogP contribution >= 0.6 is 11.3 Å². The van der Waals surface area contributed by atoms with Gasteiger partial charge in [-0.1, -0.05) is 13.8 Å². The summed E-state index contributed by atoms with van der Waals surface area (Å²) in [5, 5.41) is 2.20. The van der Waals surface area contributed by atoms with Crippen LogP contribution in [-0.2, 0) is 0 Å². The van der Waals surface area contributed by atoms with Crippen molar-refractivity contribution < 1.29 is 0 Å². The summed E-state index contributed by atoms with van der Waals surface area (Å²) in [6, 6.07) is 3.56. The number of nitrogens with zero attached hydrogens (tertiary/aromatic N) is 2. The van der Waals surface area contributed by atoms with E-state index in [1.165, 1.54) is 30.0 Å². The van der Waals surface area contributed by atoms with Gasteiger partial charge in [-0.05, 0) is 43.7 Å². The average Bonchev–Trinajstić information content (AvgIpc) is 2.93. The van der Waals surface area contributed by atoms with Gasteiger partial charge in [-0.15, -0.1) is 11.3 Å². The molecule has 21 heavy (non-hydrogen) atoms. The Morgan fingerprint density at radius 2 is 1.76 bits per heavy atom. The fourth-order valence-corrected chi connectivity index (χ4v) is 4.39. The SMILES string of the molecule is CCC(N)C(c1sccc1C)N1CCN(C(C)CC)CC1. The van der Waals surface area contributed by atoms with Crippen molar-refractivity contribution in [3.63, 3.8) is 0 Å². The summed E-state index contributed by atoms with van der Waals surface area (Å²) in [4.78, 5) is 6.71. The first-order chi connectivity index (χ1) is 10.1. The lowest BCUT2D eigenvalue weighted by Gasteiger charge is -2.43. The number of rotatable bonds is 6. The third-order valence-corrected chi connectivity index (χ3v) is 6.09. The lowest BCUT2D eigenvalue weighted by atomic mass is 9.99. The van der Waals surface area contributed by atoms with Crippen molar-refractivity contribution in [3.05, 3.63) is 21.9 Å². The molecule has 0 radical (unpaired) electrons. The molecule has 1 aromatic heterocycles. The molecule has 3 nitrogen and oxygen atoms in total. The Bertz CT molecular complexity index is 423. The van der Waals surface area contributed by atoms with Crippen molar-refractivity contribution in [1.29, 1.82) is 0 Å². The van der Waals surface area contributed by atoms with Crippen LogP contribution in [0.5, 0.6) is 0 Å². The second kappa shape index (κ2) is 7.73. The van der Waals surface area contributed by atoms with Crippen LogP contribution in [-0.4, -0.2) is 48.1 Å². The Balaban J connectivity index is 2.08. The standard InChI is InChI=1S/C17H31N3S/c1-5-14(4)19-8-10-20(11-9-19)16(15(18)6-2)17-13(3)7-12-21-17/h7,12,14-16H,5-6,8-11,18H2,1-4H3. The molecule has 0 aliphatic carbocycles. The minimum atomic E-state index is 0.234.